The minimum Gasteiger partial charge on any atom is -0.394 e. The molecule has 6 aliphatic rings. The van der Waals surface area contributed by atoms with E-state index in [4.69, 9.17) is 161 Å². The van der Waals surface area contributed by atoms with Gasteiger partial charge in [-0.2, -0.15) is 0 Å². The predicted molar refractivity (Wildman–Crippen MR) is 326 cm³/mol. The quantitative estimate of drug-likeness (QED) is 0.00922. The van der Waals surface area contributed by atoms with Crippen LogP contribution in [0.15, 0.2) is 9.98 Å². The van der Waals surface area contributed by atoms with Crippen LogP contribution in [0.5, 0.6) is 0 Å². The van der Waals surface area contributed by atoms with Gasteiger partial charge in [-0.05, 0) is 82.5 Å². The number of aliphatic hydroxyl groups excluding tert-OH is 6. The maximum Gasteiger partial charge on any atom is 0.327 e. The second-order valence-corrected chi connectivity index (χ2v) is 30.9. The summed E-state index contributed by atoms with van der Waals surface area (Å²) in [6, 6.07) is -6.63. The van der Waals surface area contributed by atoms with Gasteiger partial charge in [-0.1, -0.05) is 0 Å². The highest BCUT2D eigenvalue weighted by Crippen LogP contribution is 2.55. The minimum absolute atomic E-state index is 0.0391. The van der Waals surface area contributed by atoms with Crippen LogP contribution >= 0.6 is 20.2 Å². The Balaban J connectivity index is 1.08. The van der Waals surface area contributed by atoms with Crippen molar-refractivity contribution in [3.63, 3.8) is 0 Å². The van der Waals surface area contributed by atoms with E-state index in [1.807, 2.05) is 0 Å². The monoisotopic (exact) mass is 1390 g/mol. The molecule has 5 heterocycles. The van der Waals surface area contributed by atoms with Crippen LogP contribution in [0.4, 0.5) is 0 Å². The zero-order valence-electron chi connectivity index (χ0n) is 49.9. The molecule has 0 bridgehead atoms. The van der Waals surface area contributed by atoms with Crippen LogP contribution in [0.25, 0.3) is 0 Å². The van der Waals surface area contributed by atoms with Crippen LogP contribution in [0.2, 0.25) is 0 Å². The van der Waals surface area contributed by atoms with Gasteiger partial charge in [0.1, 0.15) is 108 Å². The molecule has 43 heteroatoms. The Kier molecular flexibility index (Phi) is 29.8. The number of nitrogens with one attached hydrogen (secondary N) is 2. The highest BCUT2D eigenvalue weighted by Gasteiger charge is 2.66. The molecule has 0 spiro atoms. The molecule has 6 fully saturated rings. The zero-order valence-corrected chi connectivity index (χ0v) is 55.1. The van der Waals surface area contributed by atoms with Crippen LogP contribution in [-0.2, 0) is 114 Å². The first-order chi connectivity index (χ1) is 41.7. The van der Waals surface area contributed by atoms with Crippen molar-refractivity contribution in [3.8, 4) is 0 Å². The maximum absolute atomic E-state index is 13.0. The maximum atomic E-state index is 13.0. The molecule has 19 N–H and O–H groups in total. The van der Waals surface area contributed by atoms with E-state index in [0.717, 1.165) is 0 Å². The Morgan fingerprint density at radius 1 is 0.640 bits per heavy atom. The van der Waals surface area contributed by atoms with Crippen molar-refractivity contribution < 1.29 is 125 Å². The molecule has 0 aromatic carbocycles. The van der Waals surface area contributed by atoms with Crippen molar-refractivity contribution in [2.45, 2.75) is 191 Å². The van der Waals surface area contributed by atoms with Gasteiger partial charge in [0.2, 0.25) is 0 Å². The van der Waals surface area contributed by atoms with Crippen LogP contribution in [-0.4, -0.2) is 320 Å². The van der Waals surface area contributed by atoms with E-state index in [-0.39, 0.29) is 78.7 Å². The number of hydrogen-bond acceptors (Lipinski definition) is 31. The van der Waals surface area contributed by atoms with E-state index in [0.29, 0.717) is 0 Å². The standard InChI is InChI=1S/C46H86B3N8O26P3S3/c1-20-46(64,40(80-41-33(54-4)37(62)34(59)24(16-58)78-41)42(74-20)79-39-32(57-44(52)53)35(60)31(56-43(50)51)36(61)38(39)63)45(2,3)55-7-8-69-9-10-70-11-12-71-86(89,73-19-27-22(14-29(48)77-27)81-84(65,87)68-6)83-23-15-30(49)76-26(23)18-72-85(66,88)82-21-13-28(47)75-25(21)17-67-5/h20-42,54-55,58-64H,7-19H2,1-6H3,(H,65,87)(H,66,88)(H4,50,51,56)(H4,52,53,57). The van der Waals surface area contributed by atoms with Crippen molar-refractivity contribution in [3.05, 3.63) is 0 Å². The molecule has 6 radical (unpaired) electrons. The molecule has 27 unspecified atom stereocenters. The van der Waals surface area contributed by atoms with E-state index in [1.165, 1.54) is 28.2 Å². The fourth-order valence-electron chi connectivity index (χ4n) is 11.1. The minimum atomic E-state index is -3.94. The molecular formula is C46H86B3N8O26P3S3. The van der Waals surface area contributed by atoms with Crippen molar-refractivity contribution >= 4 is 91.0 Å². The number of ether oxygens (including phenoxy) is 10. The Bertz CT molecular complexity index is 2450. The average Bonchev–Trinajstić information content (AvgIpc) is 1.68. The molecule has 1 aliphatic carbocycles. The summed E-state index contributed by atoms with van der Waals surface area (Å²) in [4.78, 5) is 29.4. The Morgan fingerprint density at radius 2 is 1.17 bits per heavy atom. The lowest BCUT2D eigenvalue weighted by molar-refractivity contribution is -0.319. The van der Waals surface area contributed by atoms with Crippen molar-refractivity contribution in [1.82, 2.24) is 10.6 Å². The summed E-state index contributed by atoms with van der Waals surface area (Å²) in [6.45, 7) is -8.01. The summed E-state index contributed by atoms with van der Waals surface area (Å²) in [7, 11) is 22.4. The van der Waals surface area contributed by atoms with Gasteiger partial charge in [-0.15, -0.1) is 0 Å². The average molecular weight is 1390 g/mol. The first-order valence-corrected chi connectivity index (χ1v) is 36.1. The number of methoxy groups -OCH3 is 1. The Morgan fingerprint density at radius 3 is 1.72 bits per heavy atom. The number of rotatable bonds is 35. The van der Waals surface area contributed by atoms with Gasteiger partial charge >= 0.3 is 20.2 Å². The van der Waals surface area contributed by atoms with Gasteiger partial charge in [-0.25, -0.2) is 9.98 Å². The molecule has 27 atom stereocenters. The number of nitrogens with zero attached hydrogens (tertiary/aromatic N) is 2. The molecule has 1 saturated carbocycles. The molecule has 0 amide bonds. The molecule has 0 aromatic rings. The number of aliphatic hydroxyl groups is 7. The third-order valence-electron chi connectivity index (χ3n) is 15.6. The Hall–Kier alpha value is -0.435. The van der Waals surface area contributed by atoms with Crippen molar-refractivity contribution in [1.29, 1.82) is 0 Å². The molecule has 5 aliphatic heterocycles. The van der Waals surface area contributed by atoms with E-state index in [2.05, 4.69) is 20.6 Å². The second-order valence-electron chi connectivity index (χ2n) is 22.2. The summed E-state index contributed by atoms with van der Waals surface area (Å²) in [5, 5.41) is 85.1. The first-order valence-electron chi connectivity index (χ1n) is 28.4. The molecule has 0 aromatic heterocycles. The van der Waals surface area contributed by atoms with E-state index >= 15 is 0 Å². The number of hydrogen-bond donors (Lipinski definition) is 15. The van der Waals surface area contributed by atoms with E-state index in [9.17, 15) is 45.5 Å². The summed E-state index contributed by atoms with van der Waals surface area (Å²) in [5.74, 6) is -1.08. The van der Waals surface area contributed by atoms with E-state index in [1.54, 1.807) is 13.8 Å². The van der Waals surface area contributed by atoms with Crippen molar-refractivity contribution in [2.24, 2.45) is 32.9 Å². The topological polar surface area (TPSA) is 492 Å². The number of aliphatic imine (C=N–C) groups is 2. The lowest BCUT2D eigenvalue weighted by atomic mass is 9.75. The number of nitrogens with two attached hydrogens (primary N) is 4. The molecule has 89 heavy (non-hydrogen) atoms. The summed E-state index contributed by atoms with van der Waals surface area (Å²) < 4.78 is 99.9. The fraction of sp³-hybridized carbons (Fsp3) is 0.957. The van der Waals surface area contributed by atoms with Gasteiger partial charge in [0.25, 0.3) is 0 Å². The fourth-order valence-corrected chi connectivity index (χ4v) is 15.6. The normalized spacial score (nSPS) is 40.6. The van der Waals surface area contributed by atoms with Crippen LogP contribution in [0, 0.1) is 0 Å². The highest BCUT2D eigenvalue weighted by atomic mass is 32.5. The molecule has 508 valence electrons. The first kappa shape index (κ1) is 77.6. The third-order valence-corrected chi connectivity index (χ3v) is 21.3. The van der Waals surface area contributed by atoms with Gasteiger partial charge in [0.15, 0.2) is 24.5 Å². The highest BCUT2D eigenvalue weighted by molar-refractivity contribution is 8.08. The summed E-state index contributed by atoms with van der Waals surface area (Å²) >= 11 is 16.3. The lowest BCUT2D eigenvalue weighted by Crippen LogP contribution is -2.71. The number of guanidine groups is 2. The van der Waals surface area contributed by atoms with E-state index < -0.39 is 190 Å². The Labute approximate surface area is 535 Å². The SMILES string of the molecule is [B]C1CC(OP(O)(=S)OC)C(COP(=S)(OCCOCCOCCNC(C)(C)C2(O)C(C)OC(OC3C(O)C(O)C(N=C(N)N)C(O)C3N=C(N)N)C2OC2OC(CO)C(O)C(O)C2NC)OC2CC([B])OC2COP(O)(=S)OC2CC([B])OC2COC)O1. The summed E-state index contributed by atoms with van der Waals surface area (Å²) in [6.07, 6.45) is -22.4. The largest absolute Gasteiger partial charge is 0.394 e. The lowest BCUT2D eigenvalue weighted by Gasteiger charge is -2.49. The van der Waals surface area contributed by atoms with Crippen LogP contribution in [0.3, 0.4) is 0 Å². The molecule has 5 saturated heterocycles. The number of likely N-dealkylation sites (N-methyl/N-ethyl adjacent to an activating group) is 1. The van der Waals surface area contributed by atoms with Crippen molar-refractivity contribution in [2.75, 3.05) is 87.3 Å². The van der Waals surface area contributed by atoms with Gasteiger partial charge in [-0.3, -0.25) is 0 Å². The van der Waals surface area contributed by atoms with Crippen LogP contribution < -0.4 is 33.6 Å². The zero-order chi connectivity index (χ0) is 66.0. The second kappa shape index (κ2) is 34.2. The van der Waals surface area contributed by atoms with Gasteiger partial charge < -0.3 is 158 Å². The predicted octanol–water partition coefficient (Wildman–Crippen LogP) is -6.95. The molecule has 6 rings (SSSR count). The smallest absolute Gasteiger partial charge is 0.327 e. The van der Waals surface area contributed by atoms with Gasteiger partial charge in [0.05, 0.1) is 89.9 Å². The molecular weight excluding hydrogens is 1300 g/mol. The van der Waals surface area contributed by atoms with Gasteiger partial charge in [0, 0.05) is 44.3 Å². The van der Waals surface area contributed by atoms with Crippen LogP contribution in [0.1, 0.15) is 40.0 Å². The third kappa shape index (κ3) is 20.6. The summed E-state index contributed by atoms with van der Waals surface area (Å²) in [5.41, 5.74) is 19.0. The molecule has 34 nitrogen and oxygen atoms in total.